The molecule has 4 aromatic rings. The molecule has 0 spiro atoms. The molecule has 0 fully saturated rings. The van der Waals surface area contributed by atoms with Crippen LogP contribution in [0.3, 0.4) is 0 Å². The number of sulfone groups is 1. The zero-order valence-corrected chi connectivity index (χ0v) is 17.0. The van der Waals surface area contributed by atoms with Crippen molar-refractivity contribution < 1.29 is 23.1 Å². The van der Waals surface area contributed by atoms with Gasteiger partial charge in [0.25, 0.3) is 0 Å². The predicted octanol–water partition coefficient (Wildman–Crippen LogP) is 4.45. The van der Waals surface area contributed by atoms with Gasteiger partial charge in [-0.3, -0.25) is 0 Å². The Morgan fingerprint density at radius 1 is 0.933 bits per heavy atom. The molecule has 4 rings (SSSR count). The first kappa shape index (κ1) is 19.7. The molecule has 0 bridgehead atoms. The van der Waals surface area contributed by atoms with Gasteiger partial charge >= 0.3 is 5.97 Å². The molecule has 30 heavy (non-hydrogen) atoms. The Labute approximate surface area is 173 Å². The summed E-state index contributed by atoms with van der Waals surface area (Å²) in [5, 5.41) is 10.7. The topological polar surface area (TPSA) is 85.6 Å². The number of carboxylic acids is 1. The number of carboxylic acid groups (broad SMARTS) is 1. The van der Waals surface area contributed by atoms with Crippen LogP contribution in [-0.2, 0) is 15.7 Å². The first-order valence-electron chi connectivity index (χ1n) is 9.19. The Hall–Kier alpha value is -3.58. The van der Waals surface area contributed by atoms with E-state index in [2.05, 4.69) is 0 Å². The summed E-state index contributed by atoms with van der Waals surface area (Å²) in [6.45, 7) is 0. The van der Waals surface area contributed by atoms with Crippen LogP contribution in [-0.4, -0.2) is 31.2 Å². The van der Waals surface area contributed by atoms with Gasteiger partial charge in [-0.05, 0) is 35.9 Å². The molecule has 3 aromatic carbocycles. The van der Waals surface area contributed by atoms with Crippen molar-refractivity contribution in [3.8, 4) is 16.9 Å². The molecular formula is C23H19NO5S. The van der Waals surface area contributed by atoms with E-state index < -0.39 is 21.7 Å². The molecule has 6 nitrogen and oxygen atoms in total. The summed E-state index contributed by atoms with van der Waals surface area (Å²) in [5.74, 6) is -1.03. The van der Waals surface area contributed by atoms with Gasteiger partial charge in [-0.25, -0.2) is 13.2 Å². The van der Waals surface area contributed by atoms with Gasteiger partial charge < -0.3 is 14.4 Å². The van der Waals surface area contributed by atoms with Crippen molar-refractivity contribution in [3.05, 3.63) is 84.6 Å². The highest BCUT2D eigenvalue weighted by molar-refractivity contribution is 7.90. The highest BCUT2D eigenvalue weighted by Crippen LogP contribution is 2.36. The van der Waals surface area contributed by atoms with Crippen LogP contribution in [0.5, 0.6) is 5.75 Å². The number of aromatic carboxylic acids is 1. The maximum atomic E-state index is 13.0. The third kappa shape index (κ3) is 3.44. The summed E-state index contributed by atoms with van der Waals surface area (Å²) in [6, 6.07) is 22.1. The van der Waals surface area contributed by atoms with Gasteiger partial charge in [-0.2, -0.15) is 0 Å². The number of para-hydroxylation sites is 1. The maximum Gasteiger partial charge on any atom is 0.353 e. The minimum atomic E-state index is -3.76. The first-order chi connectivity index (χ1) is 14.4. The predicted molar refractivity (Wildman–Crippen MR) is 115 cm³/mol. The van der Waals surface area contributed by atoms with Crippen molar-refractivity contribution >= 4 is 26.7 Å². The Balaban J connectivity index is 1.96. The molecule has 0 aliphatic heterocycles. The van der Waals surface area contributed by atoms with Crippen molar-refractivity contribution in [3.63, 3.8) is 0 Å². The van der Waals surface area contributed by atoms with E-state index in [-0.39, 0.29) is 10.6 Å². The molecule has 7 heteroatoms. The lowest BCUT2D eigenvalue weighted by Crippen LogP contribution is -2.16. The molecule has 1 aromatic heterocycles. The van der Waals surface area contributed by atoms with Crippen LogP contribution in [0.2, 0.25) is 0 Å². The molecule has 0 saturated carbocycles. The van der Waals surface area contributed by atoms with Crippen molar-refractivity contribution in [2.75, 3.05) is 7.11 Å². The van der Waals surface area contributed by atoms with E-state index in [1.165, 1.54) is 16.7 Å². The fourth-order valence-corrected chi connectivity index (χ4v) is 4.91. The third-order valence-electron chi connectivity index (χ3n) is 4.95. The van der Waals surface area contributed by atoms with Gasteiger partial charge in [0.1, 0.15) is 17.3 Å². The Morgan fingerprint density at radius 2 is 1.57 bits per heavy atom. The summed E-state index contributed by atoms with van der Waals surface area (Å²) in [7, 11) is -2.21. The number of nitrogens with zero attached hydrogens (tertiary/aromatic N) is 1. The second-order valence-corrected chi connectivity index (χ2v) is 8.72. The van der Waals surface area contributed by atoms with Crippen molar-refractivity contribution in [2.45, 2.75) is 10.8 Å². The van der Waals surface area contributed by atoms with E-state index >= 15 is 0 Å². The van der Waals surface area contributed by atoms with Crippen LogP contribution < -0.4 is 4.74 Å². The molecule has 0 amide bonds. The highest BCUT2D eigenvalue weighted by Gasteiger charge is 2.27. The van der Waals surface area contributed by atoms with Crippen LogP contribution in [0.25, 0.3) is 22.0 Å². The van der Waals surface area contributed by atoms with Gasteiger partial charge in [0.05, 0.1) is 17.5 Å². The standard InChI is InChI=1S/C23H19NO5S/c1-29-17-13-11-16(12-14-17)21-19-9-5-6-10-20(19)24(22(21)23(25)26)15-30(27,28)18-7-3-2-4-8-18/h2-14H,15H2,1H3,(H,25,26). The normalized spacial score (nSPS) is 11.5. The number of rotatable bonds is 6. The average molecular weight is 421 g/mol. The minimum Gasteiger partial charge on any atom is -0.497 e. The number of aromatic nitrogens is 1. The molecule has 0 radical (unpaired) electrons. The fraction of sp³-hybridized carbons (Fsp3) is 0.0870. The van der Waals surface area contributed by atoms with Crippen LogP contribution in [0.1, 0.15) is 10.5 Å². The van der Waals surface area contributed by atoms with Crippen LogP contribution in [0.15, 0.2) is 83.8 Å². The number of fused-ring (bicyclic) bond motifs is 1. The third-order valence-corrected chi connectivity index (χ3v) is 6.54. The summed E-state index contributed by atoms with van der Waals surface area (Å²) >= 11 is 0. The van der Waals surface area contributed by atoms with Crippen LogP contribution in [0, 0.1) is 0 Å². The van der Waals surface area contributed by atoms with Crippen molar-refractivity contribution in [1.29, 1.82) is 0 Å². The van der Waals surface area contributed by atoms with Crippen LogP contribution in [0.4, 0.5) is 0 Å². The molecule has 0 unspecified atom stereocenters. The lowest BCUT2D eigenvalue weighted by Gasteiger charge is -2.11. The van der Waals surface area contributed by atoms with Crippen molar-refractivity contribution in [2.24, 2.45) is 0 Å². The number of hydrogen-bond acceptors (Lipinski definition) is 4. The summed E-state index contributed by atoms with van der Waals surface area (Å²) in [5.41, 5.74) is 1.62. The fourth-order valence-electron chi connectivity index (χ4n) is 3.58. The first-order valence-corrected chi connectivity index (χ1v) is 10.8. The quantitative estimate of drug-likeness (QED) is 0.497. The minimum absolute atomic E-state index is 0.0686. The van der Waals surface area contributed by atoms with Gasteiger partial charge in [0.2, 0.25) is 0 Å². The zero-order chi connectivity index (χ0) is 21.3. The summed E-state index contributed by atoms with van der Waals surface area (Å²) in [4.78, 5) is 12.4. The number of ether oxygens (including phenoxy) is 1. The lowest BCUT2D eigenvalue weighted by atomic mass is 10.0. The Bertz CT molecular complexity index is 1320. The van der Waals surface area contributed by atoms with Gasteiger partial charge in [0.15, 0.2) is 9.84 Å². The SMILES string of the molecule is COc1ccc(-c2c(C(=O)O)n(CS(=O)(=O)c3ccccc3)c3ccccc23)cc1. The molecule has 0 atom stereocenters. The van der Waals surface area contributed by atoms with Gasteiger partial charge in [0, 0.05) is 10.9 Å². The average Bonchev–Trinajstić information content (AvgIpc) is 3.08. The number of carbonyl (C=O) groups is 1. The van der Waals surface area contributed by atoms with Crippen molar-refractivity contribution in [1.82, 2.24) is 4.57 Å². The zero-order valence-electron chi connectivity index (χ0n) is 16.1. The monoisotopic (exact) mass is 421 g/mol. The molecule has 0 saturated heterocycles. The number of benzene rings is 3. The summed E-state index contributed by atoms with van der Waals surface area (Å²) in [6.07, 6.45) is 0. The van der Waals surface area contributed by atoms with E-state index in [0.29, 0.717) is 27.8 Å². The summed E-state index contributed by atoms with van der Waals surface area (Å²) < 4.78 is 32.6. The Morgan fingerprint density at radius 3 is 2.20 bits per heavy atom. The van der Waals surface area contributed by atoms with E-state index in [0.717, 1.165) is 0 Å². The van der Waals surface area contributed by atoms with Gasteiger partial charge in [-0.1, -0.05) is 48.5 Å². The van der Waals surface area contributed by atoms with E-state index in [9.17, 15) is 18.3 Å². The lowest BCUT2D eigenvalue weighted by molar-refractivity contribution is 0.0687. The second-order valence-electron chi connectivity index (χ2n) is 6.76. The van der Waals surface area contributed by atoms with Gasteiger partial charge in [-0.15, -0.1) is 0 Å². The second kappa shape index (κ2) is 7.68. The largest absolute Gasteiger partial charge is 0.497 e. The highest BCUT2D eigenvalue weighted by atomic mass is 32.2. The van der Waals surface area contributed by atoms with E-state index in [1.807, 2.05) is 0 Å². The number of methoxy groups -OCH3 is 1. The smallest absolute Gasteiger partial charge is 0.353 e. The molecule has 1 heterocycles. The number of hydrogen-bond donors (Lipinski definition) is 1. The Kier molecular flexibility index (Phi) is 5.05. The van der Waals surface area contributed by atoms with Crippen LogP contribution >= 0.6 is 0 Å². The maximum absolute atomic E-state index is 13.0. The molecule has 0 aliphatic rings. The van der Waals surface area contributed by atoms with E-state index in [4.69, 9.17) is 4.74 Å². The van der Waals surface area contributed by atoms with E-state index in [1.54, 1.807) is 73.8 Å². The molecule has 1 N–H and O–H groups in total. The molecule has 0 aliphatic carbocycles. The molecular weight excluding hydrogens is 402 g/mol. The molecule has 152 valence electrons.